The van der Waals surface area contributed by atoms with Gasteiger partial charge in [0.15, 0.2) is 0 Å². The third-order valence-corrected chi connectivity index (χ3v) is 5.18. The van der Waals surface area contributed by atoms with Crippen molar-refractivity contribution < 1.29 is 14.3 Å². The number of aromatic nitrogens is 1. The van der Waals surface area contributed by atoms with Crippen molar-refractivity contribution in [3.63, 3.8) is 0 Å². The number of aryl methyl sites for hydroxylation is 1. The lowest BCUT2D eigenvalue weighted by atomic mass is 10.1. The topological polar surface area (TPSA) is 40.5 Å². The van der Waals surface area contributed by atoms with E-state index >= 15 is 0 Å². The average molecular weight is 337 g/mol. The van der Waals surface area contributed by atoms with Crippen LogP contribution in [0.3, 0.4) is 0 Å². The lowest BCUT2D eigenvalue weighted by Crippen LogP contribution is -2.10. The van der Waals surface area contributed by atoms with Crippen LogP contribution >= 0.6 is 0 Å². The van der Waals surface area contributed by atoms with Crippen molar-refractivity contribution in [2.24, 2.45) is 0 Å². The van der Waals surface area contributed by atoms with Crippen LogP contribution in [0.2, 0.25) is 0 Å². The highest BCUT2D eigenvalue weighted by atomic mass is 16.5. The molecular weight excluding hydrogens is 314 g/mol. The number of carbonyl (C=O) groups is 1. The highest BCUT2D eigenvalue weighted by Crippen LogP contribution is 2.34. The van der Waals surface area contributed by atoms with Gasteiger partial charge in [0.05, 0.1) is 18.8 Å². The van der Waals surface area contributed by atoms with Crippen LogP contribution in [-0.2, 0) is 11.3 Å². The molecule has 4 nitrogen and oxygen atoms in total. The third-order valence-electron chi connectivity index (χ3n) is 5.18. The summed E-state index contributed by atoms with van der Waals surface area (Å²) in [7, 11) is 1.41. The van der Waals surface area contributed by atoms with Gasteiger partial charge in [0.1, 0.15) is 5.75 Å². The fourth-order valence-electron chi connectivity index (χ4n) is 3.94. The van der Waals surface area contributed by atoms with Crippen LogP contribution in [0.1, 0.15) is 43.0 Å². The number of benzene rings is 2. The van der Waals surface area contributed by atoms with Gasteiger partial charge in [0.2, 0.25) is 0 Å². The van der Waals surface area contributed by atoms with E-state index in [2.05, 4.69) is 29.7 Å². The number of esters is 1. The van der Waals surface area contributed by atoms with Gasteiger partial charge in [0.25, 0.3) is 0 Å². The van der Waals surface area contributed by atoms with Gasteiger partial charge < -0.3 is 14.0 Å². The normalized spacial score (nSPS) is 15.1. The molecule has 1 aromatic heterocycles. The molecule has 0 unspecified atom stereocenters. The molecule has 0 N–H and O–H groups in total. The minimum absolute atomic E-state index is 0.308. The van der Waals surface area contributed by atoms with E-state index < -0.39 is 0 Å². The first-order chi connectivity index (χ1) is 12.2. The molecule has 25 heavy (non-hydrogen) atoms. The maximum Gasteiger partial charge on any atom is 0.337 e. The van der Waals surface area contributed by atoms with Gasteiger partial charge in [-0.1, -0.05) is 0 Å². The zero-order valence-electron chi connectivity index (χ0n) is 14.7. The number of carbonyl (C=O) groups excluding carboxylic acids is 1. The summed E-state index contributed by atoms with van der Waals surface area (Å²) in [5, 5.41) is 2.19. The molecule has 0 amide bonds. The molecule has 0 saturated heterocycles. The lowest BCUT2D eigenvalue weighted by molar-refractivity contribution is 0.0601. The Hall–Kier alpha value is -2.49. The Morgan fingerprint density at radius 1 is 1.08 bits per heavy atom. The average Bonchev–Trinajstić information content (AvgIpc) is 3.26. The largest absolute Gasteiger partial charge is 0.490 e. The van der Waals surface area contributed by atoms with Crippen LogP contribution < -0.4 is 4.74 Å². The Morgan fingerprint density at radius 2 is 1.76 bits per heavy atom. The fourth-order valence-corrected chi connectivity index (χ4v) is 3.94. The van der Waals surface area contributed by atoms with Gasteiger partial charge in [-0.05, 0) is 69.0 Å². The highest BCUT2D eigenvalue weighted by molar-refractivity contribution is 6.10. The smallest absolute Gasteiger partial charge is 0.337 e. The summed E-state index contributed by atoms with van der Waals surface area (Å²) >= 11 is 0. The minimum Gasteiger partial charge on any atom is -0.490 e. The van der Waals surface area contributed by atoms with E-state index in [1.165, 1.54) is 25.5 Å². The molecule has 0 aliphatic heterocycles. The van der Waals surface area contributed by atoms with Crippen molar-refractivity contribution in [1.82, 2.24) is 4.57 Å². The van der Waals surface area contributed by atoms with Gasteiger partial charge in [-0.15, -0.1) is 0 Å². The van der Waals surface area contributed by atoms with Gasteiger partial charge >= 0.3 is 5.97 Å². The number of fused-ring (bicyclic) bond motifs is 3. The molecule has 1 heterocycles. The number of ether oxygens (including phenoxy) is 2. The van der Waals surface area contributed by atoms with E-state index in [4.69, 9.17) is 9.47 Å². The molecule has 4 rings (SSSR count). The van der Waals surface area contributed by atoms with Crippen molar-refractivity contribution >= 4 is 27.8 Å². The quantitative estimate of drug-likeness (QED) is 0.634. The highest BCUT2D eigenvalue weighted by Gasteiger charge is 2.18. The molecule has 0 atom stereocenters. The first-order valence-electron chi connectivity index (χ1n) is 9.02. The van der Waals surface area contributed by atoms with Gasteiger partial charge in [-0.25, -0.2) is 4.79 Å². The maximum absolute atomic E-state index is 11.9. The van der Waals surface area contributed by atoms with E-state index in [0.717, 1.165) is 41.4 Å². The summed E-state index contributed by atoms with van der Waals surface area (Å²) in [6.07, 6.45) is 5.13. The third kappa shape index (κ3) is 2.76. The summed E-state index contributed by atoms with van der Waals surface area (Å²) in [6.45, 7) is 3.01. The molecule has 0 bridgehead atoms. The molecule has 3 aromatic rings. The lowest BCUT2D eigenvalue weighted by Gasteiger charge is -2.13. The molecule has 1 aliphatic rings. The molecule has 1 aliphatic carbocycles. The second kappa shape index (κ2) is 6.43. The first kappa shape index (κ1) is 16.0. The molecule has 130 valence electrons. The second-order valence-corrected chi connectivity index (χ2v) is 6.67. The predicted molar refractivity (Wildman–Crippen MR) is 99.3 cm³/mol. The standard InChI is InChI=1S/C21H23NO3/c1-3-22-19-10-8-14(21(23)24-2)12-17(19)18-13-16(9-11-20(18)22)25-15-6-4-5-7-15/h8-13,15H,3-7H2,1-2H3. The molecule has 4 heteroatoms. The number of nitrogens with zero attached hydrogens (tertiary/aromatic N) is 1. The summed E-state index contributed by atoms with van der Waals surface area (Å²) < 4.78 is 13.3. The summed E-state index contributed by atoms with van der Waals surface area (Å²) in [6, 6.07) is 12.1. The van der Waals surface area contributed by atoms with Crippen molar-refractivity contribution in [3.05, 3.63) is 42.0 Å². The van der Waals surface area contributed by atoms with Crippen LogP contribution in [0.4, 0.5) is 0 Å². The Bertz CT molecular complexity index is 935. The number of hydrogen-bond donors (Lipinski definition) is 0. The second-order valence-electron chi connectivity index (χ2n) is 6.67. The summed E-state index contributed by atoms with van der Waals surface area (Å²) in [4.78, 5) is 11.9. The fraction of sp³-hybridized carbons (Fsp3) is 0.381. The van der Waals surface area contributed by atoms with E-state index in [1.807, 2.05) is 18.2 Å². The van der Waals surface area contributed by atoms with Gasteiger partial charge in [0, 0.05) is 28.4 Å². The number of methoxy groups -OCH3 is 1. The number of hydrogen-bond acceptors (Lipinski definition) is 3. The van der Waals surface area contributed by atoms with Crippen molar-refractivity contribution in [1.29, 1.82) is 0 Å². The molecule has 2 aromatic carbocycles. The van der Waals surface area contributed by atoms with Crippen LogP contribution in [0.25, 0.3) is 21.8 Å². The van der Waals surface area contributed by atoms with Crippen molar-refractivity contribution in [3.8, 4) is 5.75 Å². The zero-order chi connectivity index (χ0) is 17.4. The van der Waals surface area contributed by atoms with Crippen molar-refractivity contribution in [2.45, 2.75) is 45.3 Å². The monoisotopic (exact) mass is 337 g/mol. The molecule has 0 spiro atoms. The maximum atomic E-state index is 11.9. The molecule has 1 fully saturated rings. The predicted octanol–water partition coefficient (Wildman–Crippen LogP) is 4.92. The van der Waals surface area contributed by atoms with E-state index in [0.29, 0.717) is 11.7 Å². The van der Waals surface area contributed by atoms with Crippen LogP contribution in [0.15, 0.2) is 36.4 Å². The van der Waals surface area contributed by atoms with E-state index in [1.54, 1.807) is 0 Å². The van der Waals surface area contributed by atoms with E-state index in [9.17, 15) is 4.79 Å². The van der Waals surface area contributed by atoms with Gasteiger partial charge in [-0.2, -0.15) is 0 Å². The van der Waals surface area contributed by atoms with Crippen LogP contribution in [-0.4, -0.2) is 23.8 Å². The van der Waals surface area contributed by atoms with E-state index in [-0.39, 0.29) is 5.97 Å². The first-order valence-corrected chi connectivity index (χ1v) is 9.02. The Morgan fingerprint density at radius 3 is 2.44 bits per heavy atom. The molecular formula is C21H23NO3. The van der Waals surface area contributed by atoms with Gasteiger partial charge in [-0.3, -0.25) is 0 Å². The van der Waals surface area contributed by atoms with Crippen LogP contribution in [0, 0.1) is 0 Å². The Labute approximate surface area is 147 Å². The summed E-state index contributed by atoms with van der Waals surface area (Å²) in [5.74, 6) is 0.607. The SMILES string of the molecule is CCn1c2ccc(OC3CCCC3)cc2c2cc(C(=O)OC)ccc21. The van der Waals surface area contributed by atoms with Crippen molar-refractivity contribution in [2.75, 3.05) is 7.11 Å². The Kier molecular flexibility index (Phi) is 4.12. The zero-order valence-corrected chi connectivity index (χ0v) is 14.7. The number of rotatable bonds is 4. The molecule has 0 radical (unpaired) electrons. The van der Waals surface area contributed by atoms with Crippen LogP contribution in [0.5, 0.6) is 5.75 Å². The minimum atomic E-state index is -0.308. The Balaban J connectivity index is 1.85. The molecule has 1 saturated carbocycles. The summed E-state index contributed by atoms with van der Waals surface area (Å²) in [5.41, 5.74) is 2.87.